The van der Waals surface area contributed by atoms with E-state index in [-0.39, 0.29) is 5.75 Å². The summed E-state index contributed by atoms with van der Waals surface area (Å²) in [5.74, 6) is 1.57. The minimum absolute atomic E-state index is 0.238. The molecule has 0 bridgehead atoms. The van der Waals surface area contributed by atoms with Gasteiger partial charge in [-0.15, -0.1) is 0 Å². The molecule has 1 saturated heterocycles. The Labute approximate surface area is 117 Å². The lowest BCUT2D eigenvalue weighted by Gasteiger charge is -2.19. The number of fused-ring (bicyclic) bond motifs is 1. The van der Waals surface area contributed by atoms with Gasteiger partial charge in [-0.1, -0.05) is 11.6 Å². The number of pyridine rings is 1. The van der Waals surface area contributed by atoms with Gasteiger partial charge in [0.1, 0.15) is 11.6 Å². The van der Waals surface area contributed by atoms with Crippen LogP contribution >= 0.6 is 11.6 Å². The third-order valence-corrected chi connectivity index (χ3v) is 4.20. The molecule has 1 unspecified atom stereocenters. The van der Waals surface area contributed by atoms with Gasteiger partial charge in [-0.3, -0.25) is 4.40 Å². The fraction of sp³-hybridized carbons (Fsp3) is 0.500. The normalized spacial score (nSPS) is 20.7. The lowest BCUT2D eigenvalue weighted by Crippen LogP contribution is -2.28. The Balaban J connectivity index is 1.99. The van der Waals surface area contributed by atoms with Crippen LogP contribution in [0.4, 0.5) is 0 Å². The van der Waals surface area contributed by atoms with Crippen molar-refractivity contribution >= 4 is 17.1 Å². The summed E-state index contributed by atoms with van der Waals surface area (Å²) in [4.78, 5) is 6.94. The Bertz CT molecular complexity index is 608. The second-order valence-electron chi connectivity index (χ2n) is 5.48. The smallest absolute Gasteiger partial charge is 0.155 e. The summed E-state index contributed by atoms with van der Waals surface area (Å²) in [5, 5.41) is 10.2. The van der Waals surface area contributed by atoms with Gasteiger partial charge in [-0.2, -0.15) is 0 Å². The molecule has 3 rings (SSSR count). The summed E-state index contributed by atoms with van der Waals surface area (Å²) in [7, 11) is 0. The van der Waals surface area contributed by atoms with Crippen LogP contribution in [0.25, 0.3) is 5.52 Å². The number of likely N-dealkylation sites (tertiary alicyclic amines) is 1. The molecular formula is C14H18ClN3O. The van der Waals surface area contributed by atoms with Crippen LogP contribution in [-0.4, -0.2) is 38.5 Å². The van der Waals surface area contributed by atoms with Gasteiger partial charge in [-0.25, -0.2) is 4.98 Å². The van der Waals surface area contributed by atoms with E-state index in [1.807, 2.05) is 10.5 Å². The standard InChI is InChI=1S/C14H18ClN3O/c1-9(2)17-6-5-10(7-17)14-16-13(15)12-4-3-11(19)8-18(12)14/h3-4,8-10,19H,5-7H2,1-2H3. The van der Waals surface area contributed by atoms with Gasteiger partial charge >= 0.3 is 0 Å². The zero-order chi connectivity index (χ0) is 13.6. The molecule has 0 radical (unpaired) electrons. The first kappa shape index (κ1) is 12.8. The molecule has 2 aromatic rings. The lowest BCUT2D eigenvalue weighted by atomic mass is 10.1. The molecule has 1 N–H and O–H groups in total. The Morgan fingerprint density at radius 3 is 2.89 bits per heavy atom. The molecule has 1 aliphatic rings. The molecule has 5 heteroatoms. The molecule has 0 saturated carbocycles. The number of nitrogens with zero attached hydrogens (tertiary/aromatic N) is 3. The average Bonchev–Trinajstić information content (AvgIpc) is 2.94. The highest BCUT2D eigenvalue weighted by molar-refractivity contribution is 6.32. The van der Waals surface area contributed by atoms with E-state index in [0.29, 0.717) is 17.1 Å². The van der Waals surface area contributed by atoms with Gasteiger partial charge in [-0.05, 0) is 38.9 Å². The summed E-state index contributed by atoms with van der Waals surface area (Å²) in [6.45, 7) is 6.52. The van der Waals surface area contributed by atoms with E-state index < -0.39 is 0 Å². The first-order valence-corrected chi connectivity index (χ1v) is 7.04. The van der Waals surface area contributed by atoms with Crippen LogP contribution in [0, 0.1) is 0 Å². The van der Waals surface area contributed by atoms with Gasteiger partial charge in [0.15, 0.2) is 5.15 Å². The predicted octanol–water partition coefficient (Wildman–Crippen LogP) is 2.89. The monoisotopic (exact) mass is 279 g/mol. The van der Waals surface area contributed by atoms with E-state index in [1.165, 1.54) is 0 Å². The highest BCUT2D eigenvalue weighted by atomic mass is 35.5. The maximum absolute atomic E-state index is 9.64. The van der Waals surface area contributed by atoms with Crippen molar-refractivity contribution in [3.63, 3.8) is 0 Å². The molecule has 0 aliphatic carbocycles. The molecular weight excluding hydrogens is 262 g/mol. The van der Waals surface area contributed by atoms with Crippen LogP contribution in [0.2, 0.25) is 5.15 Å². The molecule has 2 aromatic heterocycles. The number of halogens is 1. The lowest BCUT2D eigenvalue weighted by molar-refractivity contribution is 0.272. The third kappa shape index (κ3) is 2.19. The van der Waals surface area contributed by atoms with Gasteiger partial charge in [0, 0.05) is 18.5 Å². The van der Waals surface area contributed by atoms with Crippen molar-refractivity contribution in [1.29, 1.82) is 0 Å². The SMILES string of the molecule is CC(C)N1CCC(c2nc(Cl)c3ccc(O)cn23)C1. The molecule has 1 fully saturated rings. The fourth-order valence-corrected chi connectivity index (χ4v) is 3.05. The summed E-state index contributed by atoms with van der Waals surface area (Å²) < 4.78 is 1.92. The molecule has 0 spiro atoms. The Morgan fingerprint density at radius 1 is 1.42 bits per heavy atom. The van der Waals surface area contributed by atoms with Crippen molar-refractivity contribution < 1.29 is 5.11 Å². The van der Waals surface area contributed by atoms with Crippen molar-refractivity contribution in [1.82, 2.24) is 14.3 Å². The van der Waals surface area contributed by atoms with Crippen molar-refractivity contribution in [3.8, 4) is 5.75 Å². The van der Waals surface area contributed by atoms with Crippen molar-refractivity contribution in [2.24, 2.45) is 0 Å². The highest BCUT2D eigenvalue weighted by Gasteiger charge is 2.29. The van der Waals surface area contributed by atoms with Crippen molar-refractivity contribution in [2.75, 3.05) is 13.1 Å². The van der Waals surface area contributed by atoms with Crippen molar-refractivity contribution in [3.05, 3.63) is 29.3 Å². The van der Waals surface area contributed by atoms with E-state index in [1.54, 1.807) is 12.3 Å². The third-order valence-electron chi connectivity index (χ3n) is 3.92. The summed E-state index contributed by atoms with van der Waals surface area (Å²) in [6.07, 6.45) is 2.78. The molecule has 1 aliphatic heterocycles. The molecule has 102 valence electrons. The van der Waals surface area contributed by atoms with E-state index in [9.17, 15) is 5.11 Å². The predicted molar refractivity (Wildman–Crippen MR) is 75.9 cm³/mol. The maximum Gasteiger partial charge on any atom is 0.155 e. The first-order chi connectivity index (χ1) is 9.06. The second kappa shape index (κ2) is 4.69. The van der Waals surface area contributed by atoms with E-state index in [2.05, 4.69) is 23.7 Å². The number of hydrogen-bond acceptors (Lipinski definition) is 3. The highest BCUT2D eigenvalue weighted by Crippen LogP contribution is 2.31. The van der Waals surface area contributed by atoms with Gasteiger partial charge in [0.05, 0.1) is 11.7 Å². The van der Waals surface area contributed by atoms with Crippen LogP contribution in [0.15, 0.2) is 18.3 Å². The maximum atomic E-state index is 9.64. The van der Waals surface area contributed by atoms with Gasteiger partial charge in [0.2, 0.25) is 0 Å². The Hall–Kier alpha value is -1.26. The van der Waals surface area contributed by atoms with Crippen LogP contribution in [0.3, 0.4) is 0 Å². The van der Waals surface area contributed by atoms with Crippen LogP contribution < -0.4 is 0 Å². The molecule has 19 heavy (non-hydrogen) atoms. The number of aromatic hydroxyl groups is 1. The average molecular weight is 280 g/mol. The number of aromatic nitrogens is 2. The molecule has 0 amide bonds. The largest absolute Gasteiger partial charge is 0.506 e. The van der Waals surface area contributed by atoms with Crippen LogP contribution in [0.5, 0.6) is 5.75 Å². The minimum atomic E-state index is 0.238. The van der Waals surface area contributed by atoms with E-state index >= 15 is 0 Å². The van der Waals surface area contributed by atoms with Crippen LogP contribution in [-0.2, 0) is 0 Å². The summed E-state index contributed by atoms with van der Waals surface area (Å²) in [6, 6.07) is 4.01. The number of imidazole rings is 1. The van der Waals surface area contributed by atoms with Gasteiger partial charge < -0.3 is 10.0 Å². The molecule has 1 atom stereocenters. The fourth-order valence-electron chi connectivity index (χ4n) is 2.81. The molecule has 3 heterocycles. The van der Waals surface area contributed by atoms with E-state index in [0.717, 1.165) is 30.9 Å². The molecule has 0 aromatic carbocycles. The van der Waals surface area contributed by atoms with E-state index in [4.69, 9.17) is 11.6 Å². The summed E-state index contributed by atoms with van der Waals surface area (Å²) >= 11 is 6.18. The summed E-state index contributed by atoms with van der Waals surface area (Å²) in [5.41, 5.74) is 0.859. The Kier molecular flexibility index (Phi) is 3.15. The zero-order valence-corrected chi connectivity index (χ0v) is 11.9. The van der Waals surface area contributed by atoms with Crippen LogP contribution in [0.1, 0.15) is 32.0 Å². The zero-order valence-electron chi connectivity index (χ0n) is 11.2. The van der Waals surface area contributed by atoms with Gasteiger partial charge in [0.25, 0.3) is 0 Å². The number of rotatable bonds is 2. The van der Waals surface area contributed by atoms with Crippen molar-refractivity contribution in [2.45, 2.75) is 32.2 Å². The topological polar surface area (TPSA) is 40.8 Å². The molecule has 4 nitrogen and oxygen atoms in total. The number of hydrogen-bond donors (Lipinski definition) is 1. The second-order valence-corrected chi connectivity index (χ2v) is 5.84. The quantitative estimate of drug-likeness (QED) is 0.919. The Morgan fingerprint density at radius 2 is 2.21 bits per heavy atom. The first-order valence-electron chi connectivity index (χ1n) is 6.67. The minimum Gasteiger partial charge on any atom is -0.506 e.